The van der Waals surface area contributed by atoms with Crippen LogP contribution < -0.4 is 5.56 Å². The maximum Gasteiger partial charge on any atom is 0.262 e. The van der Waals surface area contributed by atoms with Crippen molar-refractivity contribution in [1.29, 1.82) is 0 Å². The smallest absolute Gasteiger partial charge is 0.262 e. The number of aromatic nitrogens is 3. The van der Waals surface area contributed by atoms with Gasteiger partial charge in [-0.15, -0.1) is 0 Å². The second-order valence-corrected chi connectivity index (χ2v) is 5.60. The molecule has 5 heteroatoms. The minimum atomic E-state index is -0.0224. The van der Waals surface area contributed by atoms with Crippen LogP contribution in [0.1, 0.15) is 38.5 Å². The van der Waals surface area contributed by atoms with Gasteiger partial charge in [-0.1, -0.05) is 19.3 Å². The van der Waals surface area contributed by atoms with Crippen LogP contribution >= 0.6 is 0 Å². The molecule has 1 aliphatic carbocycles. The Balaban J connectivity index is 1.55. The average molecular weight is 287 g/mol. The Bertz CT molecular complexity index is 647. The first-order valence-corrected chi connectivity index (χ1v) is 7.76. The lowest BCUT2D eigenvalue weighted by Crippen LogP contribution is -2.23. The monoisotopic (exact) mass is 287 g/mol. The van der Waals surface area contributed by atoms with Crippen molar-refractivity contribution in [3.05, 3.63) is 35.0 Å². The molecule has 1 fully saturated rings. The molecule has 0 N–H and O–H groups in total. The third-order valence-electron chi connectivity index (χ3n) is 4.05. The van der Waals surface area contributed by atoms with Gasteiger partial charge in [0.05, 0.1) is 17.8 Å². The third-order valence-corrected chi connectivity index (χ3v) is 4.05. The molecule has 5 nitrogen and oxygen atoms in total. The highest BCUT2D eigenvalue weighted by Gasteiger charge is 2.13. The minimum absolute atomic E-state index is 0.0224. The summed E-state index contributed by atoms with van der Waals surface area (Å²) in [6.45, 7) is 1.35. The van der Waals surface area contributed by atoms with Crippen molar-refractivity contribution >= 4 is 11.0 Å². The van der Waals surface area contributed by atoms with Gasteiger partial charge in [0.15, 0.2) is 5.65 Å². The van der Waals surface area contributed by atoms with Crippen LogP contribution in [0.15, 0.2) is 29.5 Å². The highest BCUT2D eigenvalue weighted by atomic mass is 16.5. The van der Waals surface area contributed by atoms with Crippen molar-refractivity contribution in [3.8, 4) is 0 Å². The van der Waals surface area contributed by atoms with Gasteiger partial charge >= 0.3 is 0 Å². The van der Waals surface area contributed by atoms with E-state index in [1.165, 1.54) is 32.1 Å². The molecule has 0 radical (unpaired) electrons. The molecule has 1 saturated carbocycles. The molecule has 3 rings (SSSR count). The van der Waals surface area contributed by atoms with Gasteiger partial charge in [0.2, 0.25) is 0 Å². The second kappa shape index (κ2) is 6.80. The van der Waals surface area contributed by atoms with Crippen LogP contribution in [0.2, 0.25) is 0 Å². The van der Waals surface area contributed by atoms with Crippen molar-refractivity contribution in [2.75, 3.05) is 6.61 Å². The molecule has 2 aromatic rings. The van der Waals surface area contributed by atoms with Crippen molar-refractivity contribution < 1.29 is 4.74 Å². The molecule has 0 atom stereocenters. The zero-order valence-electron chi connectivity index (χ0n) is 12.2. The topological polar surface area (TPSA) is 57.0 Å². The fourth-order valence-corrected chi connectivity index (χ4v) is 2.87. The molecular formula is C16H21N3O2. The molecule has 0 aromatic carbocycles. The van der Waals surface area contributed by atoms with E-state index in [0.717, 1.165) is 6.42 Å². The predicted molar refractivity (Wildman–Crippen MR) is 81.2 cm³/mol. The number of hydrogen-bond acceptors (Lipinski definition) is 4. The van der Waals surface area contributed by atoms with Gasteiger partial charge in [-0.3, -0.25) is 9.36 Å². The summed E-state index contributed by atoms with van der Waals surface area (Å²) in [6.07, 6.45) is 10.8. The van der Waals surface area contributed by atoms with Crippen LogP contribution in [-0.2, 0) is 11.3 Å². The van der Waals surface area contributed by atoms with Gasteiger partial charge in [0.25, 0.3) is 5.56 Å². The number of pyridine rings is 1. The van der Waals surface area contributed by atoms with E-state index in [1.807, 2.05) is 0 Å². The summed E-state index contributed by atoms with van der Waals surface area (Å²) in [5.41, 5.74) is 0.489. The summed E-state index contributed by atoms with van der Waals surface area (Å²) in [4.78, 5) is 20.6. The Hall–Kier alpha value is -1.75. The first kappa shape index (κ1) is 14.2. The number of nitrogens with zero attached hydrogens (tertiary/aromatic N) is 3. The molecule has 1 aliphatic rings. The van der Waals surface area contributed by atoms with E-state index in [1.54, 1.807) is 29.2 Å². The third kappa shape index (κ3) is 3.47. The zero-order chi connectivity index (χ0) is 14.5. The average Bonchev–Trinajstić information content (AvgIpc) is 2.55. The summed E-state index contributed by atoms with van der Waals surface area (Å²) in [7, 11) is 0. The standard InChI is InChI=1S/C16H21N3O2/c20-16-14-8-4-9-17-15(14)18-12-19(16)10-5-11-21-13-6-2-1-3-7-13/h4,8-9,12-13H,1-3,5-7,10-11H2. The largest absolute Gasteiger partial charge is 0.378 e. The molecule has 112 valence electrons. The van der Waals surface area contributed by atoms with E-state index in [4.69, 9.17) is 4.74 Å². The molecule has 0 saturated heterocycles. The highest BCUT2D eigenvalue weighted by Crippen LogP contribution is 2.20. The van der Waals surface area contributed by atoms with Gasteiger partial charge in [-0.05, 0) is 31.4 Å². The molecule has 21 heavy (non-hydrogen) atoms. The number of aryl methyl sites for hydroxylation is 1. The number of rotatable bonds is 5. The van der Waals surface area contributed by atoms with Crippen LogP contribution in [0.3, 0.4) is 0 Å². The Labute approximate surface area is 124 Å². The van der Waals surface area contributed by atoms with Crippen LogP contribution in [0.5, 0.6) is 0 Å². The Morgan fingerprint density at radius 2 is 2.10 bits per heavy atom. The number of ether oxygens (including phenoxy) is 1. The normalized spacial score (nSPS) is 16.4. The summed E-state index contributed by atoms with van der Waals surface area (Å²) in [6, 6.07) is 3.54. The van der Waals surface area contributed by atoms with Crippen LogP contribution in [0.4, 0.5) is 0 Å². The molecule has 0 bridgehead atoms. The van der Waals surface area contributed by atoms with Gasteiger partial charge in [0, 0.05) is 19.3 Å². The lowest BCUT2D eigenvalue weighted by atomic mass is 9.98. The molecule has 0 amide bonds. The zero-order valence-corrected chi connectivity index (χ0v) is 12.2. The van der Waals surface area contributed by atoms with Crippen LogP contribution in [-0.4, -0.2) is 27.2 Å². The molecular weight excluding hydrogens is 266 g/mol. The summed E-state index contributed by atoms with van der Waals surface area (Å²) in [5, 5.41) is 0.577. The van der Waals surface area contributed by atoms with Crippen molar-refractivity contribution in [3.63, 3.8) is 0 Å². The SMILES string of the molecule is O=c1c2cccnc2ncn1CCCOC1CCCCC1. The van der Waals surface area contributed by atoms with E-state index < -0.39 is 0 Å². The lowest BCUT2D eigenvalue weighted by molar-refractivity contribution is 0.0256. The Kier molecular flexibility index (Phi) is 4.60. The Morgan fingerprint density at radius 3 is 2.95 bits per heavy atom. The lowest BCUT2D eigenvalue weighted by Gasteiger charge is -2.21. The fraction of sp³-hybridized carbons (Fsp3) is 0.562. The molecule has 0 aliphatic heterocycles. The Morgan fingerprint density at radius 1 is 1.24 bits per heavy atom. The molecule has 2 heterocycles. The van der Waals surface area contributed by atoms with Crippen molar-refractivity contribution in [2.45, 2.75) is 51.2 Å². The highest BCUT2D eigenvalue weighted by molar-refractivity contribution is 5.72. The van der Waals surface area contributed by atoms with E-state index in [2.05, 4.69) is 9.97 Å². The van der Waals surface area contributed by atoms with Gasteiger partial charge in [-0.2, -0.15) is 0 Å². The minimum Gasteiger partial charge on any atom is -0.378 e. The molecule has 2 aromatic heterocycles. The van der Waals surface area contributed by atoms with Crippen molar-refractivity contribution in [1.82, 2.24) is 14.5 Å². The molecule has 0 unspecified atom stereocenters. The van der Waals surface area contributed by atoms with Crippen molar-refractivity contribution in [2.24, 2.45) is 0 Å². The summed E-state index contributed by atoms with van der Waals surface area (Å²) in [5.74, 6) is 0. The van der Waals surface area contributed by atoms with E-state index in [0.29, 0.717) is 30.3 Å². The molecule has 0 spiro atoms. The number of hydrogen-bond donors (Lipinski definition) is 0. The quantitative estimate of drug-likeness (QED) is 0.793. The summed E-state index contributed by atoms with van der Waals surface area (Å²) >= 11 is 0. The maximum absolute atomic E-state index is 12.3. The van der Waals surface area contributed by atoms with Gasteiger partial charge in [0.1, 0.15) is 0 Å². The van der Waals surface area contributed by atoms with Crippen LogP contribution in [0.25, 0.3) is 11.0 Å². The van der Waals surface area contributed by atoms with E-state index >= 15 is 0 Å². The maximum atomic E-state index is 12.3. The van der Waals surface area contributed by atoms with Crippen LogP contribution in [0, 0.1) is 0 Å². The first-order chi connectivity index (χ1) is 10.3. The van der Waals surface area contributed by atoms with Gasteiger partial charge < -0.3 is 4.74 Å². The fourth-order valence-electron chi connectivity index (χ4n) is 2.87. The van der Waals surface area contributed by atoms with Gasteiger partial charge in [-0.25, -0.2) is 9.97 Å². The van der Waals surface area contributed by atoms with E-state index in [9.17, 15) is 4.79 Å². The first-order valence-electron chi connectivity index (χ1n) is 7.76. The summed E-state index contributed by atoms with van der Waals surface area (Å²) < 4.78 is 7.53. The van der Waals surface area contributed by atoms with E-state index in [-0.39, 0.29) is 5.56 Å². The number of fused-ring (bicyclic) bond motifs is 1. The predicted octanol–water partition coefficient (Wildman–Crippen LogP) is 2.53. The second-order valence-electron chi connectivity index (χ2n) is 5.60.